The Balaban J connectivity index is 2.70. The normalized spacial score (nSPS) is 11.9. The van der Waals surface area contributed by atoms with Crippen molar-refractivity contribution in [2.75, 3.05) is 6.26 Å². The molecule has 0 saturated carbocycles. The van der Waals surface area contributed by atoms with Crippen LogP contribution in [0.1, 0.15) is 30.1 Å². The van der Waals surface area contributed by atoms with Crippen molar-refractivity contribution >= 4 is 23.6 Å². The zero-order valence-electron chi connectivity index (χ0n) is 10.5. The van der Waals surface area contributed by atoms with Crippen molar-refractivity contribution in [1.82, 2.24) is 5.32 Å². The number of hydrogen-bond donors (Lipinski definition) is 2. The van der Waals surface area contributed by atoms with Gasteiger partial charge in [0.25, 0.3) is 5.91 Å². The van der Waals surface area contributed by atoms with Crippen LogP contribution >= 0.6 is 11.8 Å². The summed E-state index contributed by atoms with van der Waals surface area (Å²) >= 11 is 1.59. The predicted octanol–water partition coefficient (Wildman–Crippen LogP) is 2.39. The van der Waals surface area contributed by atoms with Gasteiger partial charge in [-0.05, 0) is 36.9 Å². The van der Waals surface area contributed by atoms with E-state index in [1.165, 1.54) is 0 Å². The first-order chi connectivity index (χ1) is 8.58. The second-order valence-electron chi connectivity index (χ2n) is 3.88. The minimum absolute atomic E-state index is 0.344. The van der Waals surface area contributed by atoms with Crippen molar-refractivity contribution in [3.05, 3.63) is 29.8 Å². The molecule has 98 valence electrons. The third-order valence-electron chi connectivity index (χ3n) is 2.53. The number of amides is 1. The van der Waals surface area contributed by atoms with E-state index in [1.54, 1.807) is 23.9 Å². The molecule has 1 rings (SSSR count). The number of carbonyl (C=O) groups is 2. The van der Waals surface area contributed by atoms with E-state index in [9.17, 15) is 9.59 Å². The van der Waals surface area contributed by atoms with Crippen LogP contribution in [0.4, 0.5) is 0 Å². The number of carbonyl (C=O) groups excluding carboxylic acids is 1. The topological polar surface area (TPSA) is 66.4 Å². The summed E-state index contributed by atoms with van der Waals surface area (Å²) in [5.74, 6) is -1.34. The van der Waals surface area contributed by atoms with Gasteiger partial charge in [0.15, 0.2) is 0 Å². The second kappa shape index (κ2) is 7.06. The summed E-state index contributed by atoms with van der Waals surface area (Å²) in [5, 5.41) is 11.5. The number of carboxylic acid groups (broad SMARTS) is 1. The van der Waals surface area contributed by atoms with Crippen LogP contribution < -0.4 is 5.32 Å². The fourth-order valence-electron chi connectivity index (χ4n) is 1.53. The zero-order valence-corrected chi connectivity index (χ0v) is 11.3. The monoisotopic (exact) mass is 267 g/mol. The van der Waals surface area contributed by atoms with Crippen LogP contribution in [0.25, 0.3) is 0 Å². The number of aliphatic carboxylic acids is 1. The van der Waals surface area contributed by atoms with Gasteiger partial charge in [0.1, 0.15) is 6.04 Å². The Kier molecular flexibility index (Phi) is 5.71. The summed E-state index contributed by atoms with van der Waals surface area (Å²) < 4.78 is 0. The predicted molar refractivity (Wildman–Crippen MR) is 72.0 cm³/mol. The van der Waals surface area contributed by atoms with Crippen molar-refractivity contribution in [2.24, 2.45) is 0 Å². The summed E-state index contributed by atoms with van der Waals surface area (Å²) in [6.45, 7) is 1.88. The van der Waals surface area contributed by atoms with Gasteiger partial charge in [-0.2, -0.15) is 0 Å². The Labute approximate surface area is 111 Å². The van der Waals surface area contributed by atoms with Crippen molar-refractivity contribution in [3.63, 3.8) is 0 Å². The van der Waals surface area contributed by atoms with Gasteiger partial charge in [0.05, 0.1) is 0 Å². The molecule has 2 N–H and O–H groups in total. The molecule has 0 unspecified atom stereocenters. The molecule has 0 aromatic heterocycles. The minimum atomic E-state index is -0.995. The molecule has 18 heavy (non-hydrogen) atoms. The van der Waals surface area contributed by atoms with E-state index in [2.05, 4.69) is 5.32 Å². The molecule has 4 nitrogen and oxygen atoms in total. The van der Waals surface area contributed by atoms with E-state index in [1.807, 2.05) is 25.3 Å². The van der Waals surface area contributed by atoms with Gasteiger partial charge in [-0.15, -0.1) is 11.8 Å². The minimum Gasteiger partial charge on any atom is -0.480 e. The fourth-order valence-corrected chi connectivity index (χ4v) is 1.94. The molecule has 0 bridgehead atoms. The molecular formula is C13H17NO3S. The summed E-state index contributed by atoms with van der Waals surface area (Å²) in [6.07, 6.45) is 3.10. The van der Waals surface area contributed by atoms with Crippen LogP contribution in [0.2, 0.25) is 0 Å². The molecule has 0 fully saturated rings. The highest BCUT2D eigenvalue weighted by Gasteiger charge is 2.19. The number of rotatable bonds is 6. The quantitative estimate of drug-likeness (QED) is 0.777. The lowest BCUT2D eigenvalue weighted by Crippen LogP contribution is -2.40. The molecule has 0 radical (unpaired) electrons. The van der Waals surface area contributed by atoms with Crippen LogP contribution in [0.5, 0.6) is 0 Å². The van der Waals surface area contributed by atoms with Crippen LogP contribution in [-0.4, -0.2) is 29.3 Å². The molecule has 1 amide bonds. The SMILES string of the molecule is CCC[C@H](NC(=O)c1ccc(SC)cc1)C(=O)O. The molecule has 0 aliphatic rings. The molecule has 0 saturated heterocycles. The number of hydrogen-bond acceptors (Lipinski definition) is 3. The Morgan fingerprint density at radius 3 is 2.39 bits per heavy atom. The first-order valence-corrected chi connectivity index (χ1v) is 6.98. The Bertz CT molecular complexity index is 417. The maximum atomic E-state index is 11.9. The van der Waals surface area contributed by atoms with Gasteiger partial charge >= 0.3 is 5.97 Å². The lowest BCUT2D eigenvalue weighted by atomic mass is 10.1. The van der Waals surface area contributed by atoms with Gasteiger partial charge in [-0.1, -0.05) is 13.3 Å². The number of nitrogens with one attached hydrogen (secondary N) is 1. The van der Waals surface area contributed by atoms with Gasteiger partial charge in [-0.3, -0.25) is 4.79 Å². The Morgan fingerprint density at radius 2 is 1.94 bits per heavy atom. The molecule has 1 atom stereocenters. The van der Waals surface area contributed by atoms with Crippen LogP contribution in [-0.2, 0) is 4.79 Å². The van der Waals surface area contributed by atoms with Gasteiger partial charge in [0.2, 0.25) is 0 Å². The fraction of sp³-hybridized carbons (Fsp3) is 0.385. The van der Waals surface area contributed by atoms with Crippen LogP contribution in [0.3, 0.4) is 0 Å². The van der Waals surface area contributed by atoms with Crippen molar-refractivity contribution in [3.8, 4) is 0 Å². The maximum absolute atomic E-state index is 11.9. The average molecular weight is 267 g/mol. The number of thioether (sulfide) groups is 1. The first-order valence-electron chi connectivity index (χ1n) is 5.76. The van der Waals surface area contributed by atoms with Crippen LogP contribution in [0.15, 0.2) is 29.2 Å². The first kappa shape index (κ1) is 14.6. The van der Waals surface area contributed by atoms with E-state index in [0.717, 1.165) is 4.90 Å². The maximum Gasteiger partial charge on any atom is 0.326 e. The van der Waals surface area contributed by atoms with E-state index >= 15 is 0 Å². The number of benzene rings is 1. The van der Waals surface area contributed by atoms with Crippen molar-refractivity contribution in [2.45, 2.75) is 30.7 Å². The zero-order chi connectivity index (χ0) is 13.5. The summed E-state index contributed by atoms with van der Waals surface area (Å²) in [7, 11) is 0. The summed E-state index contributed by atoms with van der Waals surface area (Å²) in [4.78, 5) is 23.9. The molecular weight excluding hydrogens is 250 g/mol. The van der Waals surface area contributed by atoms with E-state index in [0.29, 0.717) is 18.4 Å². The molecule has 0 aliphatic carbocycles. The van der Waals surface area contributed by atoms with Gasteiger partial charge in [0, 0.05) is 10.5 Å². The largest absolute Gasteiger partial charge is 0.480 e. The third-order valence-corrected chi connectivity index (χ3v) is 3.28. The highest BCUT2D eigenvalue weighted by molar-refractivity contribution is 7.98. The van der Waals surface area contributed by atoms with E-state index in [-0.39, 0.29) is 5.91 Å². The molecule has 1 aromatic rings. The number of carboxylic acids is 1. The summed E-state index contributed by atoms with van der Waals surface area (Å²) in [6, 6.07) is 6.27. The van der Waals surface area contributed by atoms with Crippen molar-refractivity contribution in [1.29, 1.82) is 0 Å². The standard InChI is InChI=1S/C13H17NO3S/c1-3-4-11(13(16)17)14-12(15)9-5-7-10(18-2)8-6-9/h5-8,11H,3-4H2,1-2H3,(H,14,15)(H,16,17)/t11-/m0/s1. The summed E-state index contributed by atoms with van der Waals surface area (Å²) in [5.41, 5.74) is 0.482. The van der Waals surface area contributed by atoms with E-state index < -0.39 is 12.0 Å². The molecule has 5 heteroatoms. The second-order valence-corrected chi connectivity index (χ2v) is 4.76. The van der Waals surface area contributed by atoms with E-state index in [4.69, 9.17) is 5.11 Å². The van der Waals surface area contributed by atoms with Gasteiger partial charge in [-0.25, -0.2) is 4.79 Å². The van der Waals surface area contributed by atoms with Gasteiger partial charge < -0.3 is 10.4 Å². The Hall–Kier alpha value is -1.49. The third kappa shape index (κ3) is 4.07. The highest BCUT2D eigenvalue weighted by atomic mass is 32.2. The lowest BCUT2D eigenvalue weighted by Gasteiger charge is -2.13. The molecule has 0 aliphatic heterocycles. The smallest absolute Gasteiger partial charge is 0.326 e. The highest BCUT2D eigenvalue weighted by Crippen LogP contribution is 2.15. The molecule has 0 spiro atoms. The molecule has 0 heterocycles. The van der Waals surface area contributed by atoms with Crippen LogP contribution in [0, 0.1) is 0 Å². The molecule has 1 aromatic carbocycles. The van der Waals surface area contributed by atoms with Crippen molar-refractivity contribution < 1.29 is 14.7 Å². The lowest BCUT2D eigenvalue weighted by molar-refractivity contribution is -0.139. The average Bonchev–Trinajstić information content (AvgIpc) is 2.38. The Morgan fingerprint density at radius 1 is 1.33 bits per heavy atom.